The van der Waals surface area contributed by atoms with Gasteiger partial charge >= 0.3 is 5.97 Å². The molecular formula is C42H71N13O11. The molecule has 66 heavy (non-hydrogen) atoms. The Labute approximate surface area is 384 Å². The molecule has 1 fully saturated rings. The topological polar surface area (TPSA) is 415 Å². The fourth-order valence-electron chi connectivity index (χ4n) is 7.08. The molecule has 7 atom stereocenters. The number of rotatable bonds is 30. The Kier molecular flexibility index (Phi) is 25.0. The number of nitrogens with two attached hydrogens (primary N) is 5. The molecule has 0 aliphatic carbocycles. The standard InChI is InChI=1S/C42H71N13O11/c1-24(2)34(39(63)51-28(11-7-19-48-42(46)47)36(60)53-31(23-56)37(61)52-30(41(65)66)10-4-6-18-44)54-38(62)32-12-8-20-55(32)40(64)29(9-3-5-17-43)50-33(58)22-49-35(59)27(45)21-25-13-15-26(57)16-14-25/h13-16,24,27-32,34,56-57H,3-12,17-23,43-45H2,1-2H3,(H,49,59)(H,50,58)(H,51,63)(H,52,61)(H,53,60)(H,54,62)(H,65,66)(H4,46,47,48). The van der Waals surface area contributed by atoms with Gasteiger partial charge in [-0.25, -0.2) is 4.79 Å². The fraction of sp³-hybridized carbons (Fsp3) is 0.643. The first-order valence-electron chi connectivity index (χ1n) is 22.2. The summed E-state index contributed by atoms with van der Waals surface area (Å²) in [4.78, 5) is 111. The number of likely N-dealkylation sites (tertiary alicyclic amines) is 1. The SMILES string of the molecule is CC(C)C(NC(=O)C1CCCN1C(=O)C(CCCCN)NC(=O)CNC(=O)C(N)Cc1ccc(O)cc1)C(=O)NC(CCCN=C(N)N)C(=O)NC(CO)C(=O)NC(CCCCN)C(=O)O. The fourth-order valence-corrected chi connectivity index (χ4v) is 7.08. The second-order valence-corrected chi connectivity index (χ2v) is 16.5. The monoisotopic (exact) mass is 934 g/mol. The molecule has 7 unspecified atom stereocenters. The number of phenols is 1. The highest BCUT2D eigenvalue weighted by Crippen LogP contribution is 2.21. The summed E-state index contributed by atoms with van der Waals surface area (Å²) in [5.41, 5.74) is 28.8. The molecule has 1 aliphatic rings. The van der Waals surface area contributed by atoms with Gasteiger partial charge in [0.25, 0.3) is 0 Å². The third kappa shape index (κ3) is 19.6. The first-order chi connectivity index (χ1) is 31.3. The molecule has 0 saturated carbocycles. The van der Waals surface area contributed by atoms with Crippen LogP contribution in [0.25, 0.3) is 0 Å². The van der Waals surface area contributed by atoms with E-state index in [1.165, 1.54) is 17.0 Å². The van der Waals surface area contributed by atoms with Crippen LogP contribution in [0, 0.1) is 5.92 Å². The zero-order valence-electron chi connectivity index (χ0n) is 37.8. The number of nitrogens with zero attached hydrogens (tertiary/aromatic N) is 2. The molecular weight excluding hydrogens is 863 g/mol. The van der Waals surface area contributed by atoms with Gasteiger partial charge in [-0.3, -0.25) is 38.6 Å². The number of carbonyl (C=O) groups is 8. The van der Waals surface area contributed by atoms with E-state index in [1.54, 1.807) is 26.0 Å². The molecule has 1 saturated heterocycles. The van der Waals surface area contributed by atoms with Crippen molar-refractivity contribution in [3.05, 3.63) is 29.8 Å². The number of aliphatic imine (C=N–C) groups is 1. The Morgan fingerprint density at radius 2 is 1.33 bits per heavy atom. The third-order valence-electron chi connectivity index (χ3n) is 10.8. The lowest BCUT2D eigenvalue weighted by molar-refractivity contribution is -0.143. The molecule has 0 radical (unpaired) electrons. The van der Waals surface area contributed by atoms with Crippen molar-refractivity contribution in [2.75, 3.05) is 39.3 Å². The van der Waals surface area contributed by atoms with E-state index in [0.29, 0.717) is 50.8 Å². The van der Waals surface area contributed by atoms with Gasteiger partial charge < -0.3 is 80.8 Å². The van der Waals surface area contributed by atoms with E-state index >= 15 is 0 Å². The summed E-state index contributed by atoms with van der Waals surface area (Å²) in [6, 6.07) is -2.48. The van der Waals surface area contributed by atoms with E-state index in [0.717, 1.165) is 0 Å². The molecule has 1 aromatic rings. The largest absolute Gasteiger partial charge is 0.508 e. The van der Waals surface area contributed by atoms with Crippen LogP contribution in [-0.4, -0.2) is 155 Å². The molecule has 1 aliphatic heterocycles. The van der Waals surface area contributed by atoms with Crippen molar-refractivity contribution in [1.82, 2.24) is 36.8 Å². The predicted octanol–water partition coefficient (Wildman–Crippen LogP) is -4.16. The molecule has 0 aromatic heterocycles. The van der Waals surface area contributed by atoms with E-state index in [4.69, 9.17) is 28.7 Å². The molecule has 24 heteroatoms. The van der Waals surface area contributed by atoms with Crippen LogP contribution in [0.5, 0.6) is 5.75 Å². The lowest BCUT2D eigenvalue weighted by atomic mass is 10.0. The molecule has 2 rings (SSSR count). The van der Waals surface area contributed by atoms with E-state index in [9.17, 15) is 53.7 Å². The van der Waals surface area contributed by atoms with Crippen molar-refractivity contribution < 1.29 is 53.7 Å². The van der Waals surface area contributed by atoms with Gasteiger partial charge in [0.05, 0.1) is 19.2 Å². The number of benzene rings is 1. The van der Waals surface area contributed by atoms with Crippen LogP contribution < -0.4 is 60.6 Å². The number of carboxylic acid groups (broad SMARTS) is 1. The van der Waals surface area contributed by atoms with Crippen LogP contribution >= 0.6 is 0 Å². The first kappa shape index (κ1) is 56.0. The molecule has 1 aromatic carbocycles. The summed E-state index contributed by atoms with van der Waals surface area (Å²) in [6.45, 7) is 2.78. The number of amides is 7. The zero-order chi connectivity index (χ0) is 49.3. The minimum atomic E-state index is -1.60. The summed E-state index contributed by atoms with van der Waals surface area (Å²) in [6.07, 6.45) is 3.04. The van der Waals surface area contributed by atoms with Crippen LogP contribution in [0.3, 0.4) is 0 Å². The number of phenolic OH excluding ortho intramolecular Hbond substituents is 1. The third-order valence-corrected chi connectivity index (χ3v) is 10.8. The van der Waals surface area contributed by atoms with Gasteiger partial charge in [-0.1, -0.05) is 26.0 Å². The summed E-state index contributed by atoms with van der Waals surface area (Å²) in [5, 5.41) is 44.2. The number of carbonyl (C=O) groups excluding carboxylic acids is 7. The molecule has 370 valence electrons. The number of hydrogen-bond donors (Lipinski definition) is 14. The zero-order valence-corrected chi connectivity index (χ0v) is 37.8. The van der Waals surface area contributed by atoms with E-state index < -0.39 is 109 Å². The lowest BCUT2D eigenvalue weighted by Gasteiger charge is -2.31. The lowest BCUT2D eigenvalue weighted by Crippen LogP contribution is -2.60. The van der Waals surface area contributed by atoms with Crippen molar-refractivity contribution in [2.45, 2.75) is 127 Å². The number of carboxylic acids is 1. The van der Waals surface area contributed by atoms with Crippen LogP contribution in [-0.2, 0) is 44.8 Å². The average Bonchev–Trinajstić information content (AvgIpc) is 3.77. The Bertz CT molecular complexity index is 1800. The van der Waals surface area contributed by atoms with Gasteiger partial charge in [-0.05, 0) is 107 Å². The summed E-state index contributed by atoms with van der Waals surface area (Å²) in [5.74, 6) is -7.20. The quantitative estimate of drug-likeness (QED) is 0.0198. The summed E-state index contributed by atoms with van der Waals surface area (Å²) < 4.78 is 0. The second-order valence-electron chi connectivity index (χ2n) is 16.5. The van der Waals surface area contributed by atoms with Crippen molar-refractivity contribution in [3.8, 4) is 5.75 Å². The van der Waals surface area contributed by atoms with Crippen LogP contribution in [0.4, 0.5) is 0 Å². The smallest absolute Gasteiger partial charge is 0.326 e. The Morgan fingerprint density at radius 1 is 0.758 bits per heavy atom. The van der Waals surface area contributed by atoms with Gasteiger partial charge in [0.1, 0.15) is 42.0 Å². The first-order valence-corrected chi connectivity index (χ1v) is 22.2. The van der Waals surface area contributed by atoms with Crippen LogP contribution in [0.2, 0.25) is 0 Å². The van der Waals surface area contributed by atoms with Crippen molar-refractivity contribution in [1.29, 1.82) is 0 Å². The van der Waals surface area contributed by atoms with Gasteiger partial charge in [0.2, 0.25) is 41.4 Å². The molecule has 0 spiro atoms. The molecule has 24 nitrogen and oxygen atoms in total. The van der Waals surface area contributed by atoms with Crippen molar-refractivity contribution in [3.63, 3.8) is 0 Å². The number of aliphatic hydroxyl groups excluding tert-OH is 1. The number of aliphatic hydroxyl groups is 1. The number of guanidine groups is 1. The summed E-state index contributed by atoms with van der Waals surface area (Å²) >= 11 is 0. The highest BCUT2D eigenvalue weighted by Gasteiger charge is 2.40. The van der Waals surface area contributed by atoms with Crippen molar-refractivity contribution in [2.24, 2.45) is 39.6 Å². The highest BCUT2D eigenvalue weighted by molar-refractivity contribution is 5.97. The van der Waals surface area contributed by atoms with Crippen molar-refractivity contribution >= 4 is 53.3 Å². The summed E-state index contributed by atoms with van der Waals surface area (Å²) in [7, 11) is 0. The maximum atomic E-state index is 14.1. The van der Waals surface area contributed by atoms with Gasteiger partial charge in [0.15, 0.2) is 5.96 Å². The minimum Gasteiger partial charge on any atom is -0.508 e. The van der Waals surface area contributed by atoms with Gasteiger partial charge in [0, 0.05) is 13.1 Å². The molecule has 0 bridgehead atoms. The maximum absolute atomic E-state index is 14.1. The molecule has 7 amide bonds. The van der Waals surface area contributed by atoms with E-state index in [-0.39, 0.29) is 63.3 Å². The number of aliphatic carboxylic acids is 1. The van der Waals surface area contributed by atoms with Gasteiger partial charge in [-0.15, -0.1) is 0 Å². The number of unbranched alkanes of at least 4 members (excludes halogenated alkanes) is 2. The number of hydrogen-bond acceptors (Lipinski definition) is 14. The van der Waals surface area contributed by atoms with E-state index in [1.807, 2.05) is 0 Å². The molecule has 1 heterocycles. The molecule has 19 N–H and O–H groups in total. The maximum Gasteiger partial charge on any atom is 0.326 e. The van der Waals surface area contributed by atoms with Gasteiger partial charge in [-0.2, -0.15) is 0 Å². The number of aromatic hydroxyl groups is 1. The van der Waals surface area contributed by atoms with E-state index in [2.05, 4.69) is 36.9 Å². The Balaban J connectivity index is 2.19. The Hall–Kier alpha value is -6.11. The minimum absolute atomic E-state index is 0.0525. The Morgan fingerprint density at radius 3 is 1.91 bits per heavy atom. The highest BCUT2D eigenvalue weighted by atomic mass is 16.4. The second kappa shape index (κ2) is 29.4. The van der Waals surface area contributed by atoms with Crippen LogP contribution in [0.15, 0.2) is 29.3 Å². The average molecular weight is 934 g/mol. The number of nitrogens with one attached hydrogen (secondary N) is 6. The predicted molar refractivity (Wildman–Crippen MR) is 242 cm³/mol. The normalized spacial score (nSPS) is 16.1. The van der Waals surface area contributed by atoms with Crippen LogP contribution in [0.1, 0.15) is 83.6 Å².